The van der Waals surface area contributed by atoms with Crippen LogP contribution in [-0.2, 0) is 14.3 Å². The molecule has 7 nitrogen and oxygen atoms in total. The first-order valence-corrected chi connectivity index (χ1v) is 10.1. The fourth-order valence-corrected chi connectivity index (χ4v) is 3.43. The second-order valence-electron chi connectivity index (χ2n) is 6.32. The molecular weight excluding hydrogens is 394 g/mol. The van der Waals surface area contributed by atoms with Gasteiger partial charge in [0.05, 0.1) is 24.5 Å². The predicted molar refractivity (Wildman–Crippen MR) is 109 cm³/mol. The fourth-order valence-electron chi connectivity index (χ4n) is 2.59. The summed E-state index contributed by atoms with van der Waals surface area (Å²) >= 11 is 1.26. The lowest BCUT2D eigenvalue weighted by Crippen LogP contribution is -2.21. The first-order valence-electron chi connectivity index (χ1n) is 9.11. The number of carbonyl (C=O) groups is 3. The van der Waals surface area contributed by atoms with Gasteiger partial charge in [-0.2, -0.15) is 0 Å². The lowest BCUT2D eigenvalue weighted by atomic mass is 10.2. The molecule has 0 aromatic heterocycles. The summed E-state index contributed by atoms with van der Waals surface area (Å²) in [6.45, 7) is 2.18. The first-order chi connectivity index (χ1) is 14.0. The van der Waals surface area contributed by atoms with Crippen molar-refractivity contribution >= 4 is 35.1 Å². The van der Waals surface area contributed by atoms with Gasteiger partial charge in [-0.05, 0) is 31.2 Å². The molecule has 0 aliphatic carbocycles. The Hall–Kier alpha value is -3.00. The number of rotatable bonds is 7. The summed E-state index contributed by atoms with van der Waals surface area (Å²) in [7, 11) is 0. The Labute approximate surface area is 172 Å². The van der Waals surface area contributed by atoms with E-state index in [4.69, 9.17) is 14.2 Å². The lowest BCUT2D eigenvalue weighted by molar-refractivity contribution is -0.119. The molecule has 0 fully saturated rings. The average Bonchev–Trinajstić information content (AvgIpc) is 2.95. The quantitative estimate of drug-likeness (QED) is 0.548. The highest BCUT2D eigenvalue weighted by atomic mass is 32.2. The Morgan fingerprint density at radius 2 is 1.83 bits per heavy atom. The topological polar surface area (TPSA) is 90.9 Å². The molecule has 0 saturated heterocycles. The molecule has 1 aliphatic heterocycles. The molecule has 0 atom stereocenters. The molecule has 1 N–H and O–H groups in total. The van der Waals surface area contributed by atoms with Gasteiger partial charge in [0.15, 0.2) is 18.1 Å². The van der Waals surface area contributed by atoms with E-state index < -0.39 is 18.5 Å². The minimum Gasteiger partial charge on any atom is -0.490 e. The van der Waals surface area contributed by atoms with Crippen molar-refractivity contribution in [3.05, 3.63) is 48.0 Å². The van der Waals surface area contributed by atoms with E-state index in [9.17, 15) is 14.4 Å². The highest BCUT2D eigenvalue weighted by molar-refractivity contribution is 8.00. The van der Waals surface area contributed by atoms with E-state index in [0.29, 0.717) is 40.9 Å². The smallest absolute Gasteiger partial charge is 0.339 e. The molecule has 1 heterocycles. The Balaban J connectivity index is 1.56. The van der Waals surface area contributed by atoms with Gasteiger partial charge in [0.2, 0.25) is 0 Å². The molecule has 1 aliphatic rings. The molecule has 0 unspecified atom stereocenters. The lowest BCUT2D eigenvalue weighted by Gasteiger charge is -2.11. The van der Waals surface area contributed by atoms with Crippen LogP contribution in [0.3, 0.4) is 0 Å². The number of hydrogen-bond donors (Lipinski definition) is 1. The van der Waals surface area contributed by atoms with Crippen molar-refractivity contribution in [1.29, 1.82) is 0 Å². The zero-order valence-electron chi connectivity index (χ0n) is 15.9. The first kappa shape index (κ1) is 20.7. The number of thioether (sulfide) groups is 1. The Morgan fingerprint density at radius 1 is 1.07 bits per heavy atom. The number of ether oxygens (including phenoxy) is 3. The standard InChI is InChI=1S/C21H21NO6S/c1-14(23)13-29-19-6-3-2-5-16(19)21(25)28-12-20(24)22-15-7-8-17-18(11-15)27-10-4-9-26-17/h2-3,5-8,11H,4,9-10,12-13H2,1H3,(H,22,24). The minimum absolute atomic E-state index is 0.00711. The number of fused-ring (bicyclic) bond motifs is 1. The molecule has 29 heavy (non-hydrogen) atoms. The number of amides is 1. The highest BCUT2D eigenvalue weighted by Gasteiger charge is 2.16. The largest absolute Gasteiger partial charge is 0.490 e. The monoisotopic (exact) mass is 415 g/mol. The number of ketones is 1. The van der Waals surface area contributed by atoms with Crippen molar-refractivity contribution in [1.82, 2.24) is 0 Å². The molecular formula is C21H21NO6S. The van der Waals surface area contributed by atoms with Gasteiger partial charge in [0, 0.05) is 23.1 Å². The zero-order valence-corrected chi connectivity index (χ0v) is 16.8. The van der Waals surface area contributed by atoms with Crippen LogP contribution in [0.5, 0.6) is 11.5 Å². The number of hydrogen-bond acceptors (Lipinski definition) is 7. The predicted octanol–water partition coefficient (Wildman–Crippen LogP) is 3.32. The van der Waals surface area contributed by atoms with Gasteiger partial charge in [0.25, 0.3) is 5.91 Å². The summed E-state index contributed by atoms with van der Waals surface area (Å²) in [6.07, 6.45) is 0.790. The van der Waals surface area contributed by atoms with Gasteiger partial charge in [-0.15, -0.1) is 11.8 Å². The van der Waals surface area contributed by atoms with Crippen LogP contribution in [0, 0.1) is 0 Å². The summed E-state index contributed by atoms with van der Waals surface area (Å²) in [5.74, 6) is 0.370. The highest BCUT2D eigenvalue weighted by Crippen LogP contribution is 2.32. The van der Waals surface area contributed by atoms with Crippen LogP contribution in [0.15, 0.2) is 47.4 Å². The molecule has 2 aromatic carbocycles. The van der Waals surface area contributed by atoms with Crippen molar-refractivity contribution in [3.63, 3.8) is 0 Å². The third-order valence-electron chi connectivity index (χ3n) is 3.90. The van der Waals surface area contributed by atoms with Gasteiger partial charge in [-0.3, -0.25) is 9.59 Å². The normalized spacial score (nSPS) is 12.6. The van der Waals surface area contributed by atoms with Crippen molar-refractivity contribution in [2.75, 3.05) is 30.9 Å². The van der Waals surface area contributed by atoms with Crippen LogP contribution in [-0.4, -0.2) is 43.2 Å². The molecule has 0 radical (unpaired) electrons. The SMILES string of the molecule is CC(=O)CSc1ccccc1C(=O)OCC(=O)Nc1ccc2c(c1)OCCCO2. The van der Waals surface area contributed by atoms with E-state index in [2.05, 4.69) is 5.32 Å². The number of esters is 1. The molecule has 3 rings (SSSR count). The van der Waals surface area contributed by atoms with Crippen LogP contribution >= 0.6 is 11.8 Å². The number of benzene rings is 2. The van der Waals surface area contributed by atoms with Crippen molar-refractivity contribution in [3.8, 4) is 11.5 Å². The van der Waals surface area contributed by atoms with Crippen LogP contribution < -0.4 is 14.8 Å². The van der Waals surface area contributed by atoms with E-state index in [1.807, 2.05) is 0 Å². The van der Waals surface area contributed by atoms with Crippen LogP contribution in [0.2, 0.25) is 0 Å². The van der Waals surface area contributed by atoms with Gasteiger partial charge in [-0.1, -0.05) is 12.1 Å². The number of Topliss-reactive ketones (excluding diaryl/α,β-unsaturated/α-hetero) is 1. The van der Waals surface area contributed by atoms with Crippen molar-refractivity contribution < 1.29 is 28.6 Å². The van der Waals surface area contributed by atoms with Gasteiger partial charge in [-0.25, -0.2) is 4.79 Å². The summed E-state index contributed by atoms with van der Waals surface area (Å²) in [5, 5.41) is 2.67. The summed E-state index contributed by atoms with van der Waals surface area (Å²) < 4.78 is 16.3. The molecule has 8 heteroatoms. The van der Waals surface area contributed by atoms with E-state index in [1.54, 1.807) is 42.5 Å². The number of nitrogens with one attached hydrogen (secondary N) is 1. The van der Waals surface area contributed by atoms with Crippen LogP contribution in [0.1, 0.15) is 23.7 Å². The van der Waals surface area contributed by atoms with Crippen molar-refractivity contribution in [2.24, 2.45) is 0 Å². The Morgan fingerprint density at radius 3 is 2.62 bits per heavy atom. The summed E-state index contributed by atoms with van der Waals surface area (Å²) in [5.41, 5.74) is 0.842. The average molecular weight is 415 g/mol. The van der Waals surface area contributed by atoms with Gasteiger partial charge >= 0.3 is 5.97 Å². The third kappa shape index (κ3) is 5.99. The molecule has 152 valence electrons. The number of carbonyl (C=O) groups excluding carboxylic acids is 3. The van der Waals surface area contributed by atoms with E-state index >= 15 is 0 Å². The molecule has 0 bridgehead atoms. The van der Waals surface area contributed by atoms with Crippen LogP contribution in [0.25, 0.3) is 0 Å². The van der Waals surface area contributed by atoms with Gasteiger partial charge < -0.3 is 19.5 Å². The maximum Gasteiger partial charge on any atom is 0.339 e. The van der Waals surface area contributed by atoms with E-state index in [0.717, 1.165) is 6.42 Å². The second kappa shape index (κ2) is 9.97. The summed E-state index contributed by atoms with van der Waals surface area (Å²) in [4.78, 5) is 36.4. The number of anilines is 1. The molecule has 0 saturated carbocycles. The second-order valence-corrected chi connectivity index (χ2v) is 7.34. The van der Waals surface area contributed by atoms with E-state index in [-0.39, 0.29) is 11.5 Å². The van der Waals surface area contributed by atoms with Gasteiger partial charge in [0.1, 0.15) is 5.78 Å². The Bertz CT molecular complexity index is 914. The maximum absolute atomic E-state index is 12.4. The van der Waals surface area contributed by atoms with Crippen LogP contribution in [0.4, 0.5) is 5.69 Å². The molecule has 1 amide bonds. The Kier molecular flexibility index (Phi) is 7.13. The molecule has 2 aromatic rings. The fraction of sp³-hybridized carbons (Fsp3) is 0.286. The molecule has 0 spiro atoms. The summed E-state index contributed by atoms with van der Waals surface area (Å²) in [6, 6.07) is 11.9. The van der Waals surface area contributed by atoms with Crippen molar-refractivity contribution in [2.45, 2.75) is 18.2 Å². The van der Waals surface area contributed by atoms with E-state index in [1.165, 1.54) is 18.7 Å². The minimum atomic E-state index is -0.620. The maximum atomic E-state index is 12.4. The zero-order chi connectivity index (χ0) is 20.6. The third-order valence-corrected chi connectivity index (χ3v) is 5.12.